The Morgan fingerprint density at radius 3 is 2.56 bits per heavy atom. The Morgan fingerprint density at radius 1 is 1.16 bits per heavy atom. The molecule has 0 atom stereocenters. The Kier molecular flexibility index (Phi) is 6.12. The molecule has 8 heteroatoms. The van der Waals surface area contributed by atoms with Gasteiger partial charge < -0.3 is 10.1 Å². The Bertz CT molecular complexity index is 869. The molecule has 4 nitrogen and oxygen atoms in total. The van der Waals surface area contributed by atoms with Gasteiger partial charge in [-0.2, -0.15) is 0 Å². The number of hydrogen-bond acceptors (Lipinski definition) is 3. The van der Waals surface area contributed by atoms with E-state index >= 15 is 0 Å². The fourth-order valence-corrected chi connectivity index (χ4v) is 2.27. The summed E-state index contributed by atoms with van der Waals surface area (Å²) in [7, 11) is 1.06. The molecule has 0 spiro atoms. The average Bonchev–Trinajstić information content (AvgIpc) is 2.58. The molecule has 0 aliphatic heterocycles. The molecule has 0 aliphatic rings. The molecule has 2 rings (SSSR count). The number of halogens is 4. The number of anilines is 1. The van der Waals surface area contributed by atoms with Crippen molar-refractivity contribution in [1.29, 1.82) is 0 Å². The number of amides is 1. The topological polar surface area (TPSA) is 55.4 Å². The van der Waals surface area contributed by atoms with Crippen molar-refractivity contribution < 1.29 is 23.1 Å². The monoisotopic (exact) mass is 385 g/mol. The minimum Gasteiger partial charge on any atom is -0.465 e. The molecule has 1 N–H and O–H groups in total. The van der Waals surface area contributed by atoms with Gasteiger partial charge in [0.25, 0.3) is 0 Å². The molecule has 0 saturated heterocycles. The van der Waals surface area contributed by atoms with Crippen LogP contribution in [0, 0.1) is 11.6 Å². The fraction of sp³-hybridized carbons (Fsp3) is 0.0588. The molecule has 2 aromatic rings. The maximum atomic E-state index is 13.8. The van der Waals surface area contributed by atoms with E-state index in [-0.39, 0.29) is 10.7 Å². The summed E-state index contributed by atoms with van der Waals surface area (Å²) in [6.07, 6.45) is 2.48. The van der Waals surface area contributed by atoms with Crippen molar-refractivity contribution in [2.75, 3.05) is 12.4 Å². The van der Waals surface area contributed by atoms with E-state index in [2.05, 4.69) is 10.1 Å². The molecule has 0 heterocycles. The fourth-order valence-electron chi connectivity index (χ4n) is 1.90. The number of ether oxygens (including phenoxy) is 1. The second-order valence-electron chi connectivity index (χ2n) is 4.77. The lowest BCUT2D eigenvalue weighted by atomic mass is 10.1. The zero-order chi connectivity index (χ0) is 18.6. The predicted molar refractivity (Wildman–Crippen MR) is 91.8 cm³/mol. The molecule has 0 unspecified atom stereocenters. The molecule has 0 radical (unpaired) electrons. The highest BCUT2D eigenvalue weighted by Gasteiger charge is 2.17. The van der Waals surface area contributed by atoms with Gasteiger partial charge in [-0.1, -0.05) is 35.3 Å². The van der Waals surface area contributed by atoms with Crippen molar-refractivity contribution in [3.8, 4) is 0 Å². The van der Waals surface area contributed by atoms with Gasteiger partial charge in [0.1, 0.15) is 11.6 Å². The molecule has 25 heavy (non-hydrogen) atoms. The standard InChI is InChI=1S/C17H11Cl2F2NO3/c1-25-17(24)10-7-14(13(21)8-12(10)20)22-15(23)6-5-9-3-2-4-11(18)16(9)19/h2-8H,1H3,(H,22,23)/b6-5+. The quantitative estimate of drug-likeness (QED) is 0.612. The summed E-state index contributed by atoms with van der Waals surface area (Å²) >= 11 is 11.8. The van der Waals surface area contributed by atoms with E-state index < -0.39 is 29.1 Å². The maximum absolute atomic E-state index is 13.8. The van der Waals surface area contributed by atoms with E-state index in [0.29, 0.717) is 16.7 Å². The van der Waals surface area contributed by atoms with E-state index in [9.17, 15) is 18.4 Å². The summed E-state index contributed by atoms with van der Waals surface area (Å²) < 4.78 is 31.7. The largest absolute Gasteiger partial charge is 0.465 e. The number of carbonyl (C=O) groups is 2. The first-order valence-corrected chi connectivity index (χ1v) is 7.59. The predicted octanol–water partition coefficient (Wildman–Crippen LogP) is 4.71. The lowest BCUT2D eigenvalue weighted by Gasteiger charge is -2.07. The summed E-state index contributed by atoms with van der Waals surface area (Å²) in [5.41, 5.74) is -0.381. The van der Waals surface area contributed by atoms with Crippen molar-refractivity contribution in [3.63, 3.8) is 0 Å². The van der Waals surface area contributed by atoms with Crippen molar-refractivity contribution in [3.05, 3.63) is 69.2 Å². The summed E-state index contributed by atoms with van der Waals surface area (Å²) in [5, 5.41) is 2.78. The molecule has 0 fully saturated rings. The molecule has 0 bridgehead atoms. The van der Waals surface area contributed by atoms with Crippen LogP contribution in [-0.4, -0.2) is 19.0 Å². The van der Waals surface area contributed by atoms with Crippen LogP contribution < -0.4 is 5.32 Å². The summed E-state index contributed by atoms with van der Waals surface area (Å²) in [5.74, 6) is -3.83. The smallest absolute Gasteiger partial charge is 0.340 e. The molecule has 0 aromatic heterocycles. The minimum absolute atomic E-state index is 0.258. The summed E-state index contributed by atoms with van der Waals surface area (Å²) in [6.45, 7) is 0. The number of esters is 1. The molecule has 0 aliphatic carbocycles. The lowest BCUT2D eigenvalue weighted by Crippen LogP contribution is -2.12. The van der Waals surface area contributed by atoms with Crippen molar-refractivity contribution >= 4 is 46.8 Å². The van der Waals surface area contributed by atoms with Crippen LogP contribution in [0.1, 0.15) is 15.9 Å². The van der Waals surface area contributed by atoms with Gasteiger partial charge in [0.2, 0.25) is 5.91 Å². The van der Waals surface area contributed by atoms with Gasteiger partial charge in [-0.25, -0.2) is 13.6 Å². The van der Waals surface area contributed by atoms with Crippen molar-refractivity contribution in [2.24, 2.45) is 0 Å². The second-order valence-corrected chi connectivity index (χ2v) is 5.55. The Balaban J connectivity index is 2.21. The van der Waals surface area contributed by atoms with Gasteiger partial charge in [-0.15, -0.1) is 0 Å². The Labute approximate surface area is 152 Å². The normalized spacial score (nSPS) is 10.8. The average molecular weight is 386 g/mol. The first kappa shape index (κ1) is 18.9. The minimum atomic E-state index is -1.09. The van der Waals surface area contributed by atoms with E-state index in [1.165, 1.54) is 6.08 Å². The first-order chi connectivity index (χ1) is 11.8. The van der Waals surface area contributed by atoms with Crippen LogP contribution in [0.5, 0.6) is 0 Å². The summed E-state index contributed by atoms with van der Waals surface area (Å²) in [4.78, 5) is 23.3. The Morgan fingerprint density at radius 2 is 1.88 bits per heavy atom. The highest BCUT2D eigenvalue weighted by Crippen LogP contribution is 2.26. The molecular formula is C17H11Cl2F2NO3. The van der Waals surface area contributed by atoms with E-state index in [0.717, 1.165) is 19.3 Å². The molecular weight excluding hydrogens is 375 g/mol. The van der Waals surface area contributed by atoms with Crippen molar-refractivity contribution in [1.82, 2.24) is 0 Å². The molecule has 130 valence electrons. The number of rotatable bonds is 4. The van der Waals surface area contributed by atoms with Gasteiger partial charge in [-0.05, 0) is 23.8 Å². The number of carbonyl (C=O) groups excluding carboxylic acids is 2. The zero-order valence-electron chi connectivity index (χ0n) is 12.8. The van der Waals surface area contributed by atoms with Crippen LogP contribution in [0.3, 0.4) is 0 Å². The number of nitrogens with one attached hydrogen (secondary N) is 1. The second kappa shape index (κ2) is 8.09. The highest BCUT2D eigenvalue weighted by molar-refractivity contribution is 6.42. The van der Waals surface area contributed by atoms with E-state index in [1.54, 1.807) is 18.2 Å². The lowest BCUT2D eigenvalue weighted by molar-refractivity contribution is -0.111. The van der Waals surface area contributed by atoms with Crippen LogP contribution in [0.4, 0.5) is 14.5 Å². The third-order valence-electron chi connectivity index (χ3n) is 3.12. The number of benzene rings is 2. The van der Waals surface area contributed by atoms with Crippen LogP contribution in [0.25, 0.3) is 6.08 Å². The van der Waals surface area contributed by atoms with Crippen LogP contribution in [0.15, 0.2) is 36.4 Å². The van der Waals surface area contributed by atoms with Crippen LogP contribution in [-0.2, 0) is 9.53 Å². The highest BCUT2D eigenvalue weighted by atomic mass is 35.5. The summed E-state index contributed by atoms with van der Waals surface area (Å²) in [6, 6.07) is 6.21. The number of hydrogen-bond donors (Lipinski definition) is 1. The van der Waals surface area contributed by atoms with E-state index in [4.69, 9.17) is 23.2 Å². The molecule has 2 aromatic carbocycles. The van der Waals surface area contributed by atoms with Gasteiger partial charge in [-0.3, -0.25) is 4.79 Å². The van der Waals surface area contributed by atoms with Gasteiger partial charge >= 0.3 is 5.97 Å². The van der Waals surface area contributed by atoms with Crippen LogP contribution in [0.2, 0.25) is 10.0 Å². The van der Waals surface area contributed by atoms with Crippen molar-refractivity contribution in [2.45, 2.75) is 0 Å². The Hall–Kier alpha value is -2.44. The van der Waals surface area contributed by atoms with E-state index in [1.807, 2.05) is 0 Å². The molecule has 1 amide bonds. The number of methoxy groups -OCH3 is 1. The van der Waals surface area contributed by atoms with Gasteiger partial charge in [0.15, 0.2) is 0 Å². The van der Waals surface area contributed by atoms with Gasteiger partial charge in [0.05, 0.1) is 28.4 Å². The molecule has 0 saturated carbocycles. The third-order valence-corrected chi connectivity index (χ3v) is 3.95. The van der Waals surface area contributed by atoms with Crippen LogP contribution >= 0.6 is 23.2 Å². The van der Waals surface area contributed by atoms with Gasteiger partial charge in [0, 0.05) is 12.1 Å². The maximum Gasteiger partial charge on any atom is 0.340 e. The first-order valence-electron chi connectivity index (χ1n) is 6.84. The third kappa shape index (κ3) is 4.55. The SMILES string of the molecule is COC(=O)c1cc(NC(=O)/C=C/c2cccc(Cl)c2Cl)c(F)cc1F. The zero-order valence-corrected chi connectivity index (χ0v) is 14.3.